The van der Waals surface area contributed by atoms with Crippen LogP contribution in [0.4, 0.5) is 5.82 Å². The number of aromatic nitrogens is 2. The second-order valence-corrected chi connectivity index (χ2v) is 6.15. The number of aryl methyl sites for hydroxylation is 1. The van der Waals surface area contributed by atoms with Crippen molar-refractivity contribution in [1.82, 2.24) is 10.2 Å². The number of hydrogen-bond acceptors (Lipinski definition) is 3. The number of nitrogens with zero attached hydrogens (tertiary/aromatic N) is 1. The molecule has 1 aliphatic carbocycles. The van der Waals surface area contributed by atoms with Gasteiger partial charge < -0.3 is 0 Å². The Balaban J connectivity index is 2.08. The number of aromatic amines is 1. The van der Waals surface area contributed by atoms with Gasteiger partial charge in [0.25, 0.3) is 0 Å². The van der Waals surface area contributed by atoms with Gasteiger partial charge in [0, 0.05) is 11.8 Å². The molecule has 1 aromatic heterocycles. The highest BCUT2D eigenvalue weighted by Gasteiger charge is 2.29. The maximum absolute atomic E-state index is 11.9. The SMILES string of the molecule is CCc1cc(NS(=O)(=O)C2CCCC2)n[nH]1. The molecule has 0 aliphatic heterocycles. The zero-order valence-corrected chi connectivity index (χ0v) is 10.2. The van der Waals surface area contributed by atoms with Crippen LogP contribution in [0.1, 0.15) is 38.3 Å². The van der Waals surface area contributed by atoms with Crippen molar-refractivity contribution in [3.05, 3.63) is 11.8 Å². The predicted molar refractivity (Wildman–Crippen MR) is 62.8 cm³/mol. The van der Waals surface area contributed by atoms with E-state index < -0.39 is 10.0 Å². The van der Waals surface area contributed by atoms with Crippen LogP contribution in [0.25, 0.3) is 0 Å². The van der Waals surface area contributed by atoms with Gasteiger partial charge in [0.15, 0.2) is 5.82 Å². The Bertz CT molecular complexity index is 446. The third kappa shape index (κ3) is 2.37. The van der Waals surface area contributed by atoms with Crippen LogP contribution in [0.15, 0.2) is 6.07 Å². The summed E-state index contributed by atoms with van der Waals surface area (Å²) in [6.45, 7) is 1.99. The fourth-order valence-corrected chi connectivity index (χ4v) is 3.54. The van der Waals surface area contributed by atoms with E-state index in [0.29, 0.717) is 5.82 Å². The summed E-state index contributed by atoms with van der Waals surface area (Å²) in [7, 11) is -3.24. The minimum atomic E-state index is -3.24. The molecule has 0 atom stereocenters. The standard InChI is InChI=1S/C10H17N3O2S/c1-2-8-7-10(12-11-8)13-16(14,15)9-5-3-4-6-9/h7,9H,2-6H2,1H3,(H2,11,12,13). The maximum Gasteiger partial charge on any atom is 0.236 e. The van der Waals surface area contributed by atoms with Crippen LogP contribution in [0.5, 0.6) is 0 Å². The monoisotopic (exact) mass is 243 g/mol. The first-order valence-corrected chi connectivity index (χ1v) is 7.22. The van der Waals surface area contributed by atoms with Gasteiger partial charge in [0.2, 0.25) is 10.0 Å². The van der Waals surface area contributed by atoms with Crippen molar-refractivity contribution < 1.29 is 8.42 Å². The summed E-state index contributed by atoms with van der Waals surface area (Å²) in [6, 6.07) is 1.74. The number of anilines is 1. The average molecular weight is 243 g/mol. The molecule has 90 valence electrons. The van der Waals surface area contributed by atoms with Gasteiger partial charge in [-0.1, -0.05) is 19.8 Å². The Hall–Kier alpha value is -1.04. The molecule has 1 aliphatic rings. The summed E-state index contributed by atoms with van der Waals surface area (Å²) >= 11 is 0. The van der Waals surface area contributed by atoms with Crippen LogP contribution in [-0.4, -0.2) is 23.9 Å². The molecular weight excluding hydrogens is 226 g/mol. The maximum atomic E-state index is 11.9. The van der Waals surface area contributed by atoms with Crippen LogP contribution in [0, 0.1) is 0 Å². The number of nitrogens with one attached hydrogen (secondary N) is 2. The highest BCUT2D eigenvalue weighted by Crippen LogP contribution is 2.25. The molecule has 1 aromatic rings. The fraction of sp³-hybridized carbons (Fsp3) is 0.700. The van der Waals surface area contributed by atoms with Gasteiger partial charge >= 0.3 is 0 Å². The van der Waals surface area contributed by atoms with E-state index in [4.69, 9.17) is 0 Å². The number of H-pyrrole nitrogens is 1. The van der Waals surface area contributed by atoms with Crippen molar-refractivity contribution in [2.75, 3.05) is 4.72 Å². The van der Waals surface area contributed by atoms with E-state index in [1.165, 1.54) is 0 Å². The molecule has 1 saturated carbocycles. The largest absolute Gasteiger partial charge is 0.280 e. The molecule has 0 saturated heterocycles. The molecule has 2 N–H and O–H groups in total. The quantitative estimate of drug-likeness (QED) is 0.844. The highest BCUT2D eigenvalue weighted by atomic mass is 32.2. The molecule has 2 rings (SSSR count). The molecule has 0 amide bonds. The lowest BCUT2D eigenvalue weighted by Crippen LogP contribution is -2.25. The van der Waals surface area contributed by atoms with E-state index in [0.717, 1.165) is 37.8 Å². The molecule has 0 spiro atoms. The van der Waals surface area contributed by atoms with Gasteiger partial charge in [-0.05, 0) is 19.3 Å². The highest BCUT2D eigenvalue weighted by molar-refractivity contribution is 7.93. The molecule has 1 heterocycles. The van der Waals surface area contributed by atoms with Gasteiger partial charge in [-0.25, -0.2) is 8.42 Å². The average Bonchev–Trinajstić information content (AvgIpc) is 2.86. The second kappa shape index (κ2) is 4.45. The van der Waals surface area contributed by atoms with Crippen molar-refractivity contribution in [1.29, 1.82) is 0 Å². The molecule has 1 fully saturated rings. The Morgan fingerprint density at radius 3 is 2.75 bits per heavy atom. The lowest BCUT2D eigenvalue weighted by molar-refractivity contribution is 0.585. The molecule has 5 nitrogen and oxygen atoms in total. The molecule has 0 unspecified atom stereocenters. The summed E-state index contributed by atoms with van der Waals surface area (Å²) in [6.07, 6.45) is 4.36. The smallest absolute Gasteiger partial charge is 0.236 e. The van der Waals surface area contributed by atoms with Crippen LogP contribution >= 0.6 is 0 Å². The zero-order chi connectivity index (χ0) is 11.6. The Morgan fingerprint density at radius 1 is 1.50 bits per heavy atom. The lowest BCUT2D eigenvalue weighted by Gasteiger charge is -2.10. The molecular formula is C10H17N3O2S. The van der Waals surface area contributed by atoms with E-state index in [1.54, 1.807) is 6.07 Å². The molecule has 6 heteroatoms. The minimum Gasteiger partial charge on any atom is -0.280 e. The summed E-state index contributed by atoms with van der Waals surface area (Å²) in [5.74, 6) is 0.406. The van der Waals surface area contributed by atoms with Gasteiger partial charge in [0.05, 0.1) is 5.25 Å². The third-order valence-electron chi connectivity index (χ3n) is 3.00. The first kappa shape index (κ1) is 11.4. The third-order valence-corrected chi connectivity index (χ3v) is 4.84. The van der Waals surface area contributed by atoms with Crippen LogP contribution in [0.2, 0.25) is 0 Å². The van der Waals surface area contributed by atoms with Crippen LogP contribution in [0.3, 0.4) is 0 Å². The zero-order valence-electron chi connectivity index (χ0n) is 9.36. The number of hydrogen-bond donors (Lipinski definition) is 2. The van der Waals surface area contributed by atoms with Gasteiger partial charge in [-0.2, -0.15) is 5.10 Å². The normalized spacial score (nSPS) is 17.8. The second-order valence-electron chi connectivity index (χ2n) is 4.19. The first-order valence-electron chi connectivity index (χ1n) is 5.67. The van der Waals surface area contributed by atoms with Crippen LogP contribution < -0.4 is 4.72 Å². The molecule has 0 bridgehead atoms. The van der Waals surface area contributed by atoms with E-state index in [9.17, 15) is 8.42 Å². The van der Waals surface area contributed by atoms with Gasteiger partial charge in [0.1, 0.15) is 0 Å². The minimum absolute atomic E-state index is 0.241. The number of rotatable bonds is 4. The lowest BCUT2D eigenvalue weighted by atomic mass is 10.3. The molecule has 0 aromatic carbocycles. The van der Waals surface area contributed by atoms with Crippen molar-refractivity contribution in [3.63, 3.8) is 0 Å². The summed E-state index contributed by atoms with van der Waals surface area (Å²) in [4.78, 5) is 0. The van der Waals surface area contributed by atoms with Crippen molar-refractivity contribution in [2.24, 2.45) is 0 Å². The Labute approximate surface area is 95.7 Å². The topological polar surface area (TPSA) is 74.8 Å². The van der Waals surface area contributed by atoms with Crippen molar-refractivity contribution in [2.45, 2.75) is 44.3 Å². The predicted octanol–water partition coefficient (Wildman–Crippen LogP) is 1.66. The van der Waals surface area contributed by atoms with Gasteiger partial charge in [-0.3, -0.25) is 9.82 Å². The summed E-state index contributed by atoms with van der Waals surface area (Å²) < 4.78 is 26.4. The van der Waals surface area contributed by atoms with E-state index in [2.05, 4.69) is 14.9 Å². The Kier molecular flexibility index (Phi) is 3.18. The molecule has 0 radical (unpaired) electrons. The van der Waals surface area contributed by atoms with E-state index in [-0.39, 0.29) is 5.25 Å². The fourth-order valence-electron chi connectivity index (χ4n) is 2.02. The number of sulfonamides is 1. The molecule has 16 heavy (non-hydrogen) atoms. The van der Waals surface area contributed by atoms with Crippen molar-refractivity contribution >= 4 is 15.8 Å². The van der Waals surface area contributed by atoms with Gasteiger partial charge in [-0.15, -0.1) is 0 Å². The first-order chi connectivity index (χ1) is 7.62. The summed E-state index contributed by atoms with van der Waals surface area (Å²) in [5, 5.41) is 6.48. The van der Waals surface area contributed by atoms with E-state index in [1.807, 2.05) is 6.92 Å². The van der Waals surface area contributed by atoms with E-state index >= 15 is 0 Å². The van der Waals surface area contributed by atoms with Crippen molar-refractivity contribution in [3.8, 4) is 0 Å². The summed E-state index contributed by atoms with van der Waals surface area (Å²) in [5.41, 5.74) is 0.934. The Morgan fingerprint density at radius 2 is 2.19 bits per heavy atom. The van der Waals surface area contributed by atoms with Crippen LogP contribution in [-0.2, 0) is 16.4 Å².